The fourth-order valence-corrected chi connectivity index (χ4v) is 5.17. The van der Waals surface area contributed by atoms with Crippen LogP contribution in [0.25, 0.3) is 22.4 Å². The highest BCUT2D eigenvalue weighted by Gasteiger charge is 2.26. The molecule has 2 N–H and O–H groups in total. The molecule has 1 aliphatic rings. The summed E-state index contributed by atoms with van der Waals surface area (Å²) < 4.78 is 0. The minimum absolute atomic E-state index is 0.146. The number of aryl methyl sites for hydroxylation is 2. The van der Waals surface area contributed by atoms with E-state index in [0.29, 0.717) is 6.04 Å². The number of nitrogens with zero attached hydrogens (tertiary/aromatic N) is 4. The van der Waals surface area contributed by atoms with E-state index in [9.17, 15) is 0 Å². The van der Waals surface area contributed by atoms with Crippen molar-refractivity contribution >= 4 is 16.7 Å². The third kappa shape index (κ3) is 4.59. The number of anilines is 1. The Morgan fingerprint density at radius 1 is 0.943 bits per heavy atom. The SMILES string of the molecule is CCc1nc([C@@H](C)N2CCN(c3cccc4[nH]c(-c5ccc(C(C)(C)C)cc5)nc34)CC2)c(C)[nH]1. The van der Waals surface area contributed by atoms with Crippen molar-refractivity contribution in [1.29, 1.82) is 0 Å². The third-order valence-corrected chi connectivity index (χ3v) is 7.42. The molecule has 35 heavy (non-hydrogen) atoms. The first-order chi connectivity index (χ1) is 16.7. The maximum atomic E-state index is 5.05. The molecule has 6 nitrogen and oxygen atoms in total. The number of fused-ring (bicyclic) bond motifs is 1. The second-order valence-corrected chi connectivity index (χ2v) is 10.8. The van der Waals surface area contributed by atoms with E-state index in [1.807, 2.05) is 0 Å². The molecule has 0 radical (unpaired) electrons. The molecule has 0 spiro atoms. The Hall–Kier alpha value is -3.12. The van der Waals surface area contributed by atoms with E-state index < -0.39 is 0 Å². The molecule has 0 aliphatic carbocycles. The number of para-hydroxylation sites is 1. The van der Waals surface area contributed by atoms with Crippen LogP contribution in [0, 0.1) is 6.92 Å². The van der Waals surface area contributed by atoms with Gasteiger partial charge in [0.1, 0.15) is 17.2 Å². The van der Waals surface area contributed by atoms with Crippen molar-refractivity contribution in [1.82, 2.24) is 24.8 Å². The topological polar surface area (TPSA) is 63.8 Å². The van der Waals surface area contributed by atoms with Gasteiger partial charge in [-0.15, -0.1) is 0 Å². The molecule has 1 fully saturated rings. The van der Waals surface area contributed by atoms with E-state index in [-0.39, 0.29) is 5.41 Å². The summed E-state index contributed by atoms with van der Waals surface area (Å²) in [4.78, 5) is 21.9. The second kappa shape index (κ2) is 9.15. The highest BCUT2D eigenvalue weighted by Crippen LogP contribution is 2.31. The average Bonchev–Trinajstić information content (AvgIpc) is 3.46. The Labute approximate surface area is 208 Å². The van der Waals surface area contributed by atoms with Crippen molar-refractivity contribution in [3.8, 4) is 11.4 Å². The molecule has 0 saturated carbocycles. The van der Waals surface area contributed by atoms with Gasteiger partial charge < -0.3 is 14.9 Å². The Kier molecular flexibility index (Phi) is 6.18. The Morgan fingerprint density at radius 3 is 2.29 bits per heavy atom. The number of hydrogen-bond donors (Lipinski definition) is 2. The molecule has 184 valence electrons. The van der Waals surface area contributed by atoms with Crippen LogP contribution in [0.2, 0.25) is 0 Å². The van der Waals surface area contributed by atoms with Gasteiger partial charge in [-0.25, -0.2) is 9.97 Å². The fourth-order valence-electron chi connectivity index (χ4n) is 5.17. The molecule has 0 bridgehead atoms. The predicted octanol–water partition coefficient (Wildman–Crippen LogP) is 6.00. The number of H-pyrrole nitrogens is 2. The standard InChI is InChI=1S/C29H38N6/c1-7-25-30-19(2)26(32-25)20(3)34-15-17-35(18-16-34)24-10-8-9-23-27(24)33-28(31-23)21-11-13-22(14-12-21)29(4,5)6/h8-14,20H,7,15-18H2,1-6H3,(H,30,32)(H,31,33)/t20-/m1/s1. The van der Waals surface area contributed by atoms with Crippen molar-refractivity contribution in [2.75, 3.05) is 31.1 Å². The van der Waals surface area contributed by atoms with Crippen molar-refractivity contribution in [3.63, 3.8) is 0 Å². The molecule has 1 atom stereocenters. The quantitative estimate of drug-likeness (QED) is 0.375. The zero-order valence-corrected chi connectivity index (χ0v) is 21.9. The molecule has 2 aromatic carbocycles. The van der Waals surface area contributed by atoms with Crippen LogP contribution in [0.15, 0.2) is 42.5 Å². The van der Waals surface area contributed by atoms with Crippen LogP contribution < -0.4 is 4.90 Å². The number of nitrogens with one attached hydrogen (secondary N) is 2. The highest BCUT2D eigenvalue weighted by atomic mass is 15.3. The number of piperazine rings is 1. The summed E-state index contributed by atoms with van der Waals surface area (Å²) in [6.07, 6.45) is 0.942. The minimum Gasteiger partial charge on any atom is -0.367 e. The summed E-state index contributed by atoms with van der Waals surface area (Å²) in [5.74, 6) is 2.01. The van der Waals surface area contributed by atoms with Crippen LogP contribution in [0.5, 0.6) is 0 Å². The number of aromatic amines is 2. The van der Waals surface area contributed by atoms with Gasteiger partial charge in [0.15, 0.2) is 0 Å². The Morgan fingerprint density at radius 2 is 1.66 bits per heavy atom. The molecular weight excluding hydrogens is 432 g/mol. The van der Waals surface area contributed by atoms with E-state index in [1.165, 1.54) is 22.6 Å². The fraction of sp³-hybridized carbons (Fsp3) is 0.448. The summed E-state index contributed by atoms with van der Waals surface area (Å²) in [6, 6.07) is 15.6. The van der Waals surface area contributed by atoms with Gasteiger partial charge in [0, 0.05) is 43.9 Å². The molecule has 5 rings (SSSR count). The molecule has 0 amide bonds. The summed E-state index contributed by atoms with van der Waals surface area (Å²) in [5.41, 5.74) is 8.35. The predicted molar refractivity (Wildman–Crippen MR) is 145 cm³/mol. The van der Waals surface area contributed by atoms with Gasteiger partial charge in [0.05, 0.1) is 22.9 Å². The largest absolute Gasteiger partial charge is 0.367 e. The molecule has 0 unspecified atom stereocenters. The summed E-state index contributed by atoms with van der Waals surface area (Å²) in [7, 11) is 0. The van der Waals surface area contributed by atoms with E-state index in [2.05, 4.69) is 104 Å². The van der Waals surface area contributed by atoms with Crippen molar-refractivity contribution in [3.05, 3.63) is 65.2 Å². The van der Waals surface area contributed by atoms with E-state index in [0.717, 1.165) is 60.8 Å². The molecule has 6 heteroatoms. The monoisotopic (exact) mass is 470 g/mol. The Bertz CT molecular complexity index is 1300. The maximum Gasteiger partial charge on any atom is 0.138 e. The number of benzene rings is 2. The lowest BCUT2D eigenvalue weighted by Gasteiger charge is -2.38. The van der Waals surface area contributed by atoms with E-state index in [1.54, 1.807) is 0 Å². The lowest BCUT2D eigenvalue weighted by molar-refractivity contribution is 0.195. The number of hydrogen-bond acceptors (Lipinski definition) is 4. The van der Waals surface area contributed by atoms with Crippen LogP contribution in [0.3, 0.4) is 0 Å². The van der Waals surface area contributed by atoms with Gasteiger partial charge in [0.2, 0.25) is 0 Å². The van der Waals surface area contributed by atoms with Crippen molar-refractivity contribution in [2.45, 2.75) is 59.4 Å². The van der Waals surface area contributed by atoms with Gasteiger partial charge in [-0.05, 0) is 37.0 Å². The van der Waals surface area contributed by atoms with Gasteiger partial charge in [-0.1, -0.05) is 58.0 Å². The lowest BCUT2D eigenvalue weighted by Crippen LogP contribution is -2.47. The van der Waals surface area contributed by atoms with Crippen LogP contribution in [-0.4, -0.2) is 51.0 Å². The number of imidazole rings is 2. The first-order valence-electron chi connectivity index (χ1n) is 12.9. The Balaban J connectivity index is 1.34. The van der Waals surface area contributed by atoms with Gasteiger partial charge >= 0.3 is 0 Å². The molecule has 1 aliphatic heterocycles. The first kappa shape index (κ1) is 23.6. The molecule has 3 heterocycles. The normalized spacial score (nSPS) is 16.2. The van der Waals surface area contributed by atoms with Crippen LogP contribution >= 0.6 is 0 Å². The van der Waals surface area contributed by atoms with Gasteiger partial charge in [0.25, 0.3) is 0 Å². The van der Waals surface area contributed by atoms with Gasteiger partial charge in [-0.2, -0.15) is 0 Å². The maximum absolute atomic E-state index is 5.05. The highest BCUT2D eigenvalue weighted by molar-refractivity contribution is 5.91. The van der Waals surface area contributed by atoms with E-state index in [4.69, 9.17) is 9.97 Å². The van der Waals surface area contributed by atoms with E-state index >= 15 is 0 Å². The number of aromatic nitrogens is 4. The van der Waals surface area contributed by atoms with Crippen LogP contribution in [0.1, 0.15) is 63.4 Å². The summed E-state index contributed by atoms with van der Waals surface area (Å²) in [6.45, 7) is 17.3. The summed E-state index contributed by atoms with van der Waals surface area (Å²) in [5, 5.41) is 0. The lowest BCUT2D eigenvalue weighted by atomic mass is 9.87. The van der Waals surface area contributed by atoms with Crippen molar-refractivity contribution < 1.29 is 0 Å². The van der Waals surface area contributed by atoms with Crippen LogP contribution in [0.4, 0.5) is 5.69 Å². The molecule has 4 aromatic rings. The molecule has 2 aromatic heterocycles. The number of rotatable bonds is 5. The zero-order chi connectivity index (χ0) is 24.7. The summed E-state index contributed by atoms with van der Waals surface area (Å²) >= 11 is 0. The minimum atomic E-state index is 0.146. The first-order valence-corrected chi connectivity index (χ1v) is 12.9. The third-order valence-electron chi connectivity index (χ3n) is 7.42. The van der Waals surface area contributed by atoms with Crippen LogP contribution in [-0.2, 0) is 11.8 Å². The van der Waals surface area contributed by atoms with Crippen molar-refractivity contribution in [2.24, 2.45) is 0 Å². The zero-order valence-electron chi connectivity index (χ0n) is 21.9. The molecule has 1 saturated heterocycles. The van der Waals surface area contributed by atoms with Gasteiger partial charge in [-0.3, -0.25) is 4.90 Å². The second-order valence-electron chi connectivity index (χ2n) is 10.8. The smallest absolute Gasteiger partial charge is 0.138 e. The molecular formula is C29H38N6. The average molecular weight is 471 g/mol.